The van der Waals surface area contributed by atoms with Gasteiger partial charge in [0.2, 0.25) is 5.78 Å². The Labute approximate surface area is 74.8 Å². The number of rotatable bonds is 2. The van der Waals surface area contributed by atoms with Crippen molar-refractivity contribution in [3.8, 4) is 12.1 Å². The standard InChI is InChI=1S/C8H6N4O/c1-12-3-2-11-8(12)7(13)6(4-9)5-10/h2-3,6H,1H3. The molecule has 1 heterocycles. The maximum atomic E-state index is 11.4. The summed E-state index contributed by atoms with van der Waals surface area (Å²) in [5.41, 5.74) is 0. The van der Waals surface area contributed by atoms with Crippen molar-refractivity contribution in [1.29, 1.82) is 10.5 Å². The fraction of sp³-hybridized carbons (Fsp3) is 0.250. The second kappa shape index (κ2) is 3.51. The quantitative estimate of drug-likeness (QED) is 0.602. The summed E-state index contributed by atoms with van der Waals surface area (Å²) in [6, 6.07) is 3.21. The highest BCUT2D eigenvalue weighted by atomic mass is 16.1. The van der Waals surface area contributed by atoms with Gasteiger partial charge in [-0.15, -0.1) is 0 Å². The van der Waals surface area contributed by atoms with E-state index in [1.807, 2.05) is 0 Å². The van der Waals surface area contributed by atoms with Crippen LogP contribution < -0.4 is 0 Å². The molecule has 0 fully saturated rings. The first kappa shape index (κ1) is 8.95. The SMILES string of the molecule is Cn1ccnc1C(=O)C(C#N)C#N. The molecule has 5 heteroatoms. The van der Waals surface area contributed by atoms with Gasteiger partial charge in [0.1, 0.15) is 0 Å². The van der Waals surface area contributed by atoms with E-state index in [-0.39, 0.29) is 5.82 Å². The van der Waals surface area contributed by atoms with E-state index in [1.54, 1.807) is 25.4 Å². The third-order valence-corrected chi connectivity index (χ3v) is 1.56. The molecule has 64 valence electrons. The van der Waals surface area contributed by atoms with Gasteiger partial charge in [-0.3, -0.25) is 4.79 Å². The van der Waals surface area contributed by atoms with Gasteiger partial charge >= 0.3 is 0 Å². The number of ketones is 1. The molecule has 0 atom stereocenters. The summed E-state index contributed by atoms with van der Waals surface area (Å²) in [7, 11) is 1.63. The van der Waals surface area contributed by atoms with Crippen LogP contribution in [0, 0.1) is 28.6 Å². The number of nitriles is 2. The van der Waals surface area contributed by atoms with Gasteiger partial charge in [-0.05, 0) is 0 Å². The maximum Gasteiger partial charge on any atom is 0.229 e. The molecule has 0 aromatic carbocycles. The lowest BCUT2D eigenvalue weighted by Crippen LogP contribution is -2.15. The lowest BCUT2D eigenvalue weighted by atomic mass is 10.1. The maximum absolute atomic E-state index is 11.4. The van der Waals surface area contributed by atoms with E-state index in [0.29, 0.717) is 0 Å². The summed E-state index contributed by atoms with van der Waals surface area (Å²) < 4.78 is 1.48. The minimum absolute atomic E-state index is 0.133. The number of imidazole rings is 1. The second-order valence-electron chi connectivity index (χ2n) is 2.42. The van der Waals surface area contributed by atoms with Crippen molar-refractivity contribution in [2.75, 3.05) is 0 Å². The average molecular weight is 174 g/mol. The molecular weight excluding hydrogens is 168 g/mol. The van der Waals surface area contributed by atoms with Crippen LogP contribution in [-0.2, 0) is 7.05 Å². The van der Waals surface area contributed by atoms with Gasteiger partial charge in [0.25, 0.3) is 0 Å². The minimum atomic E-state index is -1.26. The zero-order valence-corrected chi connectivity index (χ0v) is 6.93. The smallest absolute Gasteiger partial charge is 0.229 e. The first-order valence-electron chi connectivity index (χ1n) is 3.51. The van der Waals surface area contributed by atoms with Crippen LogP contribution in [-0.4, -0.2) is 15.3 Å². The van der Waals surface area contributed by atoms with E-state index >= 15 is 0 Å². The van der Waals surface area contributed by atoms with Crippen LogP contribution in [0.2, 0.25) is 0 Å². The Kier molecular flexibility index (Phi) is 2.41. The average Bonchev–Trinajstić information content (AvgIpc) is 2.53. The Morgan fingerprint density at radius 3 is 2.62 bits per heavy atom. The first-order chi connectivity index (χ1) is 6.20. The van der Waals surface area contributed by atoms with E-state index in [4.69, 9.17) is 10.5 Å². The van der Waals surface area contributed by atoms with Crippen LogP contribution >= 0.6 is 0 Å². The molecule has 0 aliphatic heterocycles. The fourth-order valence-electron chi connectivity index (χ4n) is 0.878. The van der Waals surface area contributed by atoms with Crippen LogP contribution in [0.5, 0.6) is 0 Å². The summed E-state index contributed by atoms with van der Waals surface area (Å²) in [4.78, 5) is 15.1. The van der Waals surface area contributed by atoms with Crippen molar-refractivity contribution in [3.05, 3.63) is 18.2 Å². The van der Waals surface area contributed by atoms with Gasteiger partial charge in [-0.25, -0.2) is 4.98 Å². The fourth-order valence-corrected chi connectivity index (χ4v) is 0.878. The van der Waals surface area contributed by atoms with Crippen LogP contribution in [0.25, 0.3) is 0 Å². The molecule has 0 N–H and O–H groups in total. The highest BCUT2D eigenvalue weighted by Gasteiger charge is 2.22. The number of carbonyl (C=O) groups excluding carboxylic acids is 1. The predicted octanol–water partition coefficient (Wildman–Crippen LogP) is 0.266. The van der Waals surface area contributed by atoms with Crippen molar-refractivity contribution < 1.29 is 4.79 Å². The molecule has 0 aliphatic carbocycles. The number of hydrogen-bond acceptors (Lipinski definition) is 4. The van der Waals surface area contributed by atoms with E-state index in [1.165, 1.54) is 10.8 Å². The summed E-state index contributed by atoms with van der Waals surface area (Å²) in [5, 5.41) is 16.9. The van der Waals surface area contributed by atoms with Gasteiger partial charge in [-0.1, -0.05) is 0 Å². The van der Waals surface area contributed by atoms with Crippen molar-refractivity contribution in [2.45, 2.75) is 0 Å². The lowest BCUT2D eigenvalue weighted by molar-refractivity contribution is 0.0957. The largest absolute Gasteiger partial charge is 0.332 e. The van der Waals surface area contributed by atoms with E-state index in [9.17, 15) is 4.79 Å². The molecule has 13 heavy (non-hydrogen) atoms. The van der Waals surface area contributed by atoms with Crippen molar-refractivity contribution in [3.63, 3.8) is 0 Å². The third kappa shape index (κ3) is 1.54. The topological polar surface area (TPSA) is 82.5 Å². The van der Waals surface area contributed by atoms with Crippen LogP contribution in [0.15, 0.2) is 12.4 Å². The molecule has 1 aromatic heterocycles. The lowest BCUT2D eigenvalue weighted by Gasteiger charge is -1.98. The van der Waals surface area contributed by atoms with Gasteiger partial charge < -0.3 is 4.57 Å². The number of hydrogen-bond donors (Lipinski definition) is 0. The number of aryl methyl sites for hydroxylation is 1. The minimum Gasteiger partial charge on any atom is -0.332 e. The van der Waals surface area contributed by atoms with E-state index in [0.717, 1.165) is 0 Å². The molecule has 5 nitrogen and oxygen atoms in total. The zero-order chi connectivity index (χ0) is 9.84. The number of Topliss-reactive ketones (excluding diaryl/α,β-unsaturated/α-hetero) is 1. The second-order valence-corrected chi connectivity index (χ2v) is 2.42. The summed E-state index contributed by atoms with van der Waals surface area (Å²) in [6.45, 7) is 0. The van der Waals surface area contributed by atoms with Crippen molar-refractivity contribution in [1.82, 2.24) is 9.55 Å². The van der Waals surface area contributed by atoms with Gasteiger partial charge in [0, 0.05) is 19.4 Å². The predicted molar refractivity (Wildman–Crippen MR) is 42.3 cm³/mol. The highest BCUT2D eigenvalue weighted by molar-refractivity contribution is 5.98. The molecule has 0 saturated carbocycles. The zero-order valence-electron chi connectivity index (χ0n) is 6.93. The molecule has 0 radical (unpaired) electrons. The molecule has 0 unspecified atom stereocenters. The van der Waals surface area contributed by atoms with Gasteiger partial charge in [0.05, 0.1) is 12.1 Å². The van der Waals surface area contributed by atoms with Crippen molar-refractivity contribution >= 4 is 5.78 Å². The Hall–Kier alpha value is -2.14. The Balaban J connectivity index is 3.01. The summed E-state index contributed by atoms with van der Waals surface area (Å²) >= 11 is 0. The molecule has 1 aromatic rings. The van der Waals surface area contributed by atoms with Gasteiger partial charge in [0.15, 0.2) is 11.7 Å². The monoisotopic (exact) mass is 174 g/mol. The first-order valence-corrected chi connectivity index (χ1v) is 3.51. The van der Waals surface area contributed by atoms with E-state index < -0.39 is 11.7 Å². The number of nitrogens with zero attached hydrogens (tertiary/aromatic N) is 4. The molecule has 0 amide bonds. The van der Waals surface area contributed by atoms with Crippen LogP contribution in [0.3, 0.4) is 0 Å². The molecule has 0 spiro atoms. The Morgan fingerprint density at radius 2 is 2.23 bits per heavy atom. The van der Waals surface area contributed by atoms with Crippen LogP contribution in [0.4, 0.5) is 0 Å². The van der Waals surface area contributed by atoms with Crippen LogP contribution in [0.1, 0.15) is 10.6 Å². The van der Waals surface area contributed by atoms with Crippen molar-refractivity contribution in [2.24, 2.45) is 13.0 Å². The number of carbonyl (C=O) groups is 1. The molecular formula is C8H6N4O. The number of aromatic nitrogens is 2. The molecule has 0 saturated heterocycles. The Morgan fingerprint density at radius 1 is 1.62 bits per heavy atom. The molecule has 0 bridgehead atoms. The van der Waals surface area contributed by atoms with Gasteiger partial charge in [-0.2, -0.15) is 10.5 Å². The summed E-state index contributed by atoms with van der Waals surface area (Å²) in [6.07, 6.45) is 3.03. The molecule has 1 rings (SSSR count). The molecule has 0 aliphatic rings. The highest BCUT2D eigenvalue weighted by Crippen LogP contribution is 2.04. The normalized spacial score (nSPS) is 9.23. The van der Waals surface area contributed by atoms with E-state index in [2.05, 4.69) is 4.98 Å². The Bertz CT molecular complexity index is 393. The third-order valence-electron chi connectivity index (χ3n) is 1.56. The summed E-state index contributed by atoms with van der Waals surface area (Å²) in [5.74, 6) is -1.69.